The molecular formula is C20H26O3. The lowest BCUT2D eigenvalue weighted by atomic mass is 9.45. The highest BCUT2D eigenvalue weighted by molar-refractivity contribution is 5.93. The molecule has 0 amide bonds. The molecule has 0 spiro atoms. The molecule has 0 aromatic carbocycles. The molecule has 3 heteroatoms. The maximum atomic E-state index is 12.5. The van der Waals surface area contributed by atoms with Crippen LogP contribution in [0, 0.1) is 34.5 Å². The van der Waals surface area contributed by atoms with Crippen LogP contribution in [0.2, 0.25) is 0 Å². The molecule has 6 atom stereocenters. The van der Waals surface area contributed by atoms with E-state index in [1.165, 1.54) is 0 Å². The molecule has 3 fully saturated rings. The lowest BCUT2D eigenvalue weighted by Gasteiger charge is -2.58. The Balaban J connectivity index is 1.79. The smallest absolute Gasteiger partial charge is 0.155 e. The Labute approximate surface area is 137 Å². The van der Waals surface area contributed by atoms with Gasteiger partial charge in [-0.2, -0.15) is 0 Å². The number of allylic oxidation sites excluding steroid dienone is 1. The minimum absolute atomic E-state index is 0.162. The van der Waals surface area contributed by atoms with Crippen LogP contribution >= 0.6 is 0 Å². The summed E-state index contributed by atoms with van der Waals surface area (Å²) < 4.78 is 0. The Morgan fingerprint density at radius 1 is 1.13 bits per heavy atom. The summed E-state index contributed by atoms with van der Waals surface area (Å²) in [4.78, 5) is 36.5. The summed E-state index contributed by atoms with van der Waals surface area (Å²) in [6, 6.07) is 0. The number of hydrogen-bond donors (Lipinski definition) is 0. The van der Waals surface area contributed by atoms with E-state index < -0.39 is 5.41 Å². The molecule has 0 radical (unpaired) electrons. The molecule has 0 heterocycles. The van der Waals surface area contributed by atoms with Crippen molar-refractivity contribution in [2.45, 2.75) is 58.8 Å². The minimum Gasteiger partial charge on any atom is -0.302 e. The van der Waals surface area contributed by atoms with Gasteiger partial charge in [-0.05, 0) is 61.9 Å². The predicted octanol–water partition coefficient (Wildman–Crippen LogP) is 3.51. The number of carbonyl (C=O) groups is 3. The quantitative estimate of drug-likeness (QED) is 0.696. The van der Waals surface area contributed by atoms with Gasteiger partial charge in [0.05, 0.1) is 5.41 Å². The van der Waals surface area contributed by atoms with Crippen LogP contribution in [0.5, 0.6) is 0 Å². The van der Waals surface area contributed by atoms with Gasteiger partial charge in [0.2, 0.25) is 0 Å². The van der Waals surface area contributed by atoms with Crippen molar-refractivity contribution in [3.63, 3.8) is 0 Å². The molecular weight excluding hydrogens is 288 g/mol. The molecule has 0 N–H and O–H groups in total. The van der Waals surface area contributed by atoms with Crippen LogP contribution in [0.3, 0.4) is 0 Å². The van der Waals surface area contributed by atoms with Crippen LogP contribution < -0.4 is 0 Å². The molecule has 0 aromatic rings. The van der Waals surface area contributed by atoms with Gasteiger partial charge in [0.25, 0.3) is 0 Å². The van der Waals surface area contributed by atoms with Crippen molar-refractivity contribution in [1.29, 1.82) is 0 Å². The van der Waals surface area contributed by atoms with Crippen molar-refractivity contribution in [3.8, 4) is 0 Å². The number of Topliss-reactive ketones (excluding diaryl/α,β-unsaturated/α-hetero) is 1. The molecule has 23 heavy (non-hydrogen) atoms. The number of fused-ring (bicyclic) bond motifs is 5. The first-order valence-corrected chi connectivity index (χ1v) is 9.16. The Kier molecular flexibility index (Phi) is 3.24. The summed E-state index contributed by atoms with van der Waals surface area (Å²) in [5.74, 6) is 2.29. The van der Waals surface area contributed by atoms with E-state index >= 15 is 0 Å². The SMILES string of the molecule is C[C@H]1CC2=CC(=O)CC[C@]2(C=O)[C@H]2CC[C@]3(C)C(=O)CC[C@H]3[C@H]12. The molecule has 4 rings (SSSR count). The predicted molar refractivity (Wildman–Crippen MR) is 86.7 cm³/mol. The highest BCUT2D eigenvalue weighted by Gasteiger charge is 2.61. The van der Waals surface area contributed by atoms with Gasteiger partial charge in [-0.1, -0.05) is 19.4 Å². The monoisotopic (exact) mass is 314 g/mol. The van der Waals surface area contributed by atoms with Crippen LogP contribution in [-0.2, 0) is 14.4 Å². The van der Waals surface area contributed by atoms with Crippen LogP contribution in [0.25, 0.3) is 0 Å². The van der Waals surface area contributed by atoms with Crippen molar-refractivity contribution in [2.75, 3.05) is 0 Å². The Hall–Kier alpha value is -1.25. The molecule has 124 valence electrons. The van der Waals surface area contributed by atoms with E-state index in [1.807, 2.05) is 0 Å². The van der Waals surface area contributed by atoms with Crippen molar-refractivity contribution >= 4 is 17.9 Å². The molecule has 0 saturated heterocycles. The van der Waals surface area contributed by atoms with E-state index in [-0.39, 0.29) is 11.2 Å². The molecule has 0 bridgehead atoms. The number of carbonyl (C=O) groups excluding carboxylic acids is 3. The maximum absolute atomic E-state index is 12.5. The van der Waals surface area contributed by atoms with E-state index in [0.29, 0.717) is 48.7 Å². The second-order valence-corrected chi connectivity index (χ2v) is 8.68. The Morgan fingerprint density at radius 2 is 1.91 bits per heavy atom. The van der Waals surface area contributed by atoms with E-state index in [4.69, 9.17) is 0 Å². The molecule has 3 saturated carbocycles. The fourth-order valence-electron chi connectivity index (χ4n) is 6.63. The summed E-state index contributed by atoms with van der Waals surface area (Å²) >= 11 is 0. The van der Waals surface area contributed by atoms with Gasteiger partial charge in [0, 0.05) is 18.3 Å². The van der Waals surface area contributed by atoms with Gasteiger partial charge in [0.1, 0.15) is 12.1 Å². The van der Waals surface area contributed by atoms with Gasteiger partial charge >= 0.3 is 0 Å². The van der Waals surface area contributed by atoms with Crippen molar-refractivity contribution in [3.05, 3.63) is 11.6 Å². The first-order valence-electron chi connectivity index (χ1n) is 9.16. The number of ketones is 2. The first-order chi connectivity index (χ1) is 10.9. The van der Waals surface area contributed by atoms with Gasteiger partial charge in [-0.25, -0.2) is 0 Å². The zero-order valence-electron chi connectivity index (χ0n) is 14.1. The average molecular weight is 314 g/mol. The highest BCUT2D eigenvalue weighted by atomic mass is 16.1. The lowest BCUT2D eigenvalue weighted by molar-refractivity contribution is -0.138. The summed E-state index contributed by atoms with van der Waals surface area (Å²) in [6.07, 6.45) is 8.56. The third-order valence-electron chi connectivity index (χ3n) is 7.83. The molecule has 3 nitrogen and oxygen atoms in total. The zero-order chi connectivity index (χ0) is 16.4. The maximum Gasteiger partial charge on any atom is 0.155 e. The fraction of sp³-hybridized carbons (Fsp3) is 0.750. The second-order valence-electron chi connectivity index (χ2n) is 8.68. The number of rotatable bonds is 1. The number of hydrogen-bond acceptors (Lipinski definition) is 3. The highest BCUT2D eigenvalue weighted by Crippen LogP contribution is 2.65. The first kappa shape index (κ1) is 15.3. The molecule has 0 aromatic heterocycles. The minimum atomic E-state index is -0.419. The summed E-state index contributed by atoms with van der Waals surface area (Å²) in [5, 5.41) is 0. The molecule has 4 aliphatic carbocycles. The third kappa shape index (κ3) is 1.85. The fourth-order valence-corrected chi connectivity index (χ4v) is 6.63. The van der Waals surface area contributed by atoms with Crippen LogP contribution in [0.1, 0.15) is 58.8 Å². The van der Waals surface area contributed by atoms with Crippen LogP contribution in [0.15, 0.2) is 11.6 Å². The van der Waals surface area contributed by atoms with Crippen LogP contribution in [0.4, 0.5) is 0 Å². The third-order valence-corrected chi connectivity index (χ3v) is 7.83. The largest absolute Gasteiger partial charge is 0.302 e. The average Bonchev–Trinajstić information content (AvgIpc) is 2.83. The van der Waals surface area contributed by atoms with Gasteiger partial charge < -0.3 is 4.79 Å². The molecule has 0 aliphatic heterocycles. The van der Waals surface area contributed by atoms with Gasteiger partial charge in [-0.3, -0.25) is 9.59 Å². The summed E-state index contributed by atoms with van der Waals surface area (Å²) in [5.41, 5.74) is 0.508. The topological polar surface area (TPSA) is 51.2 Å². The van der Waals surface area contributed by atoms with Crippen molar-refractivity contribution in [2.24, 2.45) is 34.5 Å². The molecule has 0 unspecified atom stereocenters. The van der Waals surface area contributed by atoms with E-state index in [1.54, 1.807) is 6.08 Å². The normalized spacial score (nSPS) is 49.0. The van der Waals surface area contributed by atoms with E-state index in [0.717, 1.165) is 37.5 Å². The molecule has 4 aliphatic rings. The summed E-state index contributed by atoms with van der Waals surface area (Å²) in [7, 11) is 0. The summed E-state index contributed by atoms with van der Waals surface area (Å²) in [6.45, 7) is 4.43. The number of aldehydes is 1. The van der Waals surface area contributed by atoms with Crippen molar-refractivity contribution in [1.82, 2.24) is 0 Å². The second kappa shape index (κ2) is 4.87. The van der Waals surface area contributed by atoms with E-state index in [2.05, 4.69) is 13.8 Å². The Morgan fingerprint density at radius 3 is 2.65 bits per heavy atom. The standard InChI is InChI=1S/C20H26O3/c1-12-9-13-10-14(22)5-8-20(13,11-21)16-6-7-19(2)15(18(12)16)3-4-17(19)23/h10-12,15-16,18H,3-9H2,1-2H3/t12-,15-,16-,18-,19-,20+/m0/s1. The Bertz CT molecular complexity index is 618. The van der Waals surface area contributed by atoms with Gasteiger partial charge in [0.15, 0.2) is 5.78 Å². The van der Waals surface area contributed by atoms with Gasteiger partial charge in [-0.15, -0.1) is 0 Å². The van der Waals surface area contributed by atoms with Crippen LogP contribution in [-0.4, -0.2) is 17.9 Å². The zero-order valence-corrected chi connectivity index (χ0v) is 14.1. The lowest BCUT2D eigenvalue weighted by Crippen LogP contribution is -2.54. The van der Waals surface area contributed by atoms with Crippen molar-refractivity contribution < 1.29 is 14.4 Å². The van der Waals surface area contributed by atoms with E-state index in [9.17, 15) is 14.4 Å².